The monoisotopic (exact) mass is 414 g/mol. The van der Waals surface area contributed by atoms with Crippen molar-refractivity contribution in [1.29, 1.82) is 0 Å². The Labute approximate surface area is 178 Å². The highest BCUT2D eigenvalue weighted by molar-refractivity contribution is 6.01. The van der Waals surface area contributed by atoms with Crippen LogP contribution in [0.25, 0.3) is 10.9 Å². The van der Waals surface area contributed by atoms with Gasteiger partial charge >= 0.3 is 0 Å². The van der Waals surface area contributed by atoms with Crippen LogP contribution in [0, 0.1) is 18.3 Å². The van der Waals surface area contributed by atoms with E-state index in [-0.39, 0.29) is 23.8 Å². The molecule has 2 amide bonds. The van der Waals surface area contributed by atoms with Crippen LogP contribution in [-0.4, -0.2) is 46.8 Å². The topological polar surface area (TPSA) is 106 Å². The van der Waals surface area contributed by atoms with Gasteiger partial charge in [-0.25, -0.2) is 0 Å². The van der Waals surface area contributed by atoms with Crippen molar-refractivity contribution in [2.24, 2.45) is 11.3 Å². The standard InChI is InChI=1S/C23H34N4O3/c1-13-7-6-8-17-16(13)12-18(26-17)21(29)27-19(23(3,4)5)22(30)25-14(2)11-15-9-10-24-20(15)28/h6-8,12,14-15,19-20,24,26,28H,9-11H2,1-5H3,(H,25,30)(H,27,29)/t14-,15+,19-,20?/m1/s1. The van der Waals surface area contributed by atoms with Crippen molar-refractivity contribution in [3.63, 3.8) is 0 Å². The van der Waals surface area contributed by atoms with Crippen LogP contribution in [0.3, 0.4) is 0 Å². The quantitative estimate of drug-likeness (QED) is 0.501. The van der Waals surface area contributed by atoms with E-state index in [2.05, 4.69) is 20.9 Å². The number of aliphatic hydroxyl groups is 1. The molecule has 1 unspecified atom stereocenters. The van der Waals surface area contributed by atoms with Crippen molar-refractivity contribution < 1.29 is 14.7 Å². The largest absolute Gasteiger partial charge is 0.378 e. The van der Waals surface area contributed by atoms with E-state index in [0.717, 1.165) is 29.4 Å². The first kappa shape index (κ1) is 22.3. The number of aromatic nitrogens is 1. The molecular weight excluding hydrogens is 380 g/mol. The maximum atomic E-state index is 13.0. The van der Waals surface area contributed by atoms with Crippen LogP contribution in [0.1, 0.15) is 56.6 Å². The molecule has 1 aromatic carbocycles. The lowest BCUT2D eigenvalue weighted by Gasteiger charge is -2.31. The van der Waals surface area contributed by atoms with Gasteiger partial charge in [-0.3, -0.25) is 14.9 Å². The molecule has 1 aliphatic heterocycles. The number of aliphatic hydroxyl groups excluding tert-OH is 1. The number of aryl methyl sites for hydroxylation is 1. The van der Waals surface area contributed by atoms with Crippen LogP contribution in [0.5, 0.6) is 0 Å². The Morgan fingerprint density at radius 3 is 2.60 bits per heavy atom. The Hall–Kier alpha value is -2.38. The average molecular weight is 415 g/mol. The summed E-state index contributed by atoms with van der Waals surface area (Å²) in [5.74, 6) is -0.391. The molecule has 1 aliphatic rings. The Bertz CT molecular complexity index is 915. The van der Waals surface area contributed by atoms with Crippen LogP contribution >= 0.6 is 0 Å². The van der Waals surface area contributed by atoms with E-state index < -0.39 is 17.7 Å². The molecule has 1 saturated heterocycles. The van der Waals surface area contributed by atoms with Crippen molar-refractivity contribution in [1.82, 2.24) is 20.9 Å². The normalized spacial score (nSPS) is 21.4. The highest BCUT2D eigenvalue weighted by atomic mass is 16.3. The first-order valence-corrected chi connectivity index (χ1v) is 10.7. The number of carbonyl (C=O) groups excluding carboxylic acids is 2. The molecule has 1 aromatic heterocycles. The minimum absolute atomic E-state index is 0.102. The van der Waals surface area contributed by atoms with Crippen LogP contribution < -0.4 is 16.0 Å². The minimum atomic E-state index is -0.688. The lowest BCUT2D eigenvalue weighted by Crippen LogP contribution is -2.55. The summed E-state index contributed by atoms with van der Waals surface area (Å²) in [6.45, 7) is 10.5. The van der Waals surface area contributed by atoms with E-state index in [1.807, 2.05) is 58.9 Å². The van der Waals surface area contributed by atoms with Crippen molar-refractivity contribution >= 4 is 22.7 Å². The molecule has 0 aliphatic carbocycles. The van der Waals surface area contributed by atoms with Crippen LogP contribution in [-0.2, 0) is 4.79 Å². The molecule has 5 N–H and O–H groups in total. The molecular formula is C23H34N4O3. The van der Waals surface area contributed by atoms with Gasteiger partial charge in [-0.05, 0) is 56.3 Å². The molecule has 7 nitrogen and oxygen atoms in total. The molecule has 30 heavy (non-hydrogen) atoms. The molecule has 7 heteroatoms. The highest BCUT2D eigenvalue weighted by Crippen LogP contribution is 2.23. The summed E-state index contributed by atoms with van der Waals surface area (Å²) in [6, 6.07) is 6.91. The lowest BCUT2D eigenvalue weighted by molar-refractivity contribution is -0.126. The molecule has 2 aromatic rings. The maximum absolute atomic E-state index is 13.0. The fraction of sp³-hybridized carbons (Fsp3) is 0.565. The first-order chi connectivity index (χ1) is 14.1. The Kier molecular flexibility index (Phi) is 6.53. The number of amides is 2. The molecule has 4 atom stereocenters. The zero-order valence-electron chi connectivity index (χ0n) is 18.5. The van der Waals surface area contributed by atoms with Crippen molar-refractivity contribution in [3.05, 3.63) is 35.5 Å². The summed E-state index contributed by atoms with van der Waals surface area (Å²) in [4.78, 5) is 29.1. The van der Waals surface area contributed by atoms with Gasteiger partial charge in [0.15, 0.2) is 0 Å². The fourth-order valence-electron chi connectivity index (χ4n) is 4.14. The SMILES string of the molecule is Cc1cccc2[nH]c(C(=O)N[C@H](C(=O)N[C@H](C)C[C@@H]3CCNC3O)C(C)(C)C)cc12. The zero-order valence-corrected chi connectivity index (χ0v) is 18.5. The molecule has 3 rings (SSSR count). The number of rotatable bonds is 6. The van der Waals surface area contributed by atoms with E-state index in [1.54, 1.807) is 0 Å². The Morgan fingerprint density at radius 1 is 1.27 bits per heavy atom. The second-order valence-corrected chi connectivity index (χ2v) is 9.58. The van der Waals surface area contributed by atoms with Crippen LogP contribution in [0.2, 0.25) is 0 Å². The number of fused-ring (bicyclic) bond motifs is 1. The van der Waals surface area contributed by atoms with E-state index in [4.69, 9.17) is 0 Å². The number of carbonyl (C=O) groups is 2. The zero-order chi connectivity index (χ0) is 22.1. The summed E-state index contributed by atoms with van der Waals surface area (Å²) >= 11 is 0. The Balaban J connectivity index is 1.69. The minimum Gasteiger partial charge on any atom is -0.378 e. The second-order valence-electron chi connectivity index (χ2n) is 9.58. The molecule has 0 bridgehead atoms. The second kappa shape index (κ2) is 8.78. The molecule has 2 heterocycles. The third-order valence-electron chi connectivity index (χ3n) is 5.89. The van der Waals surface area contributed by atoms with Gasteiger partial charge in [0, 0.05) is 22.9 Å². The summed E-state index contributed by atoms with van der Waals surface area (Å²) in [5.41, 5.74) is 1.96. The lowest BCUT2D eigenvalue weighted by atomic mass is 9.85. The summed E-state index contributed by atoms with van der Waals surface area (Å²) in [7, 11) is 0. The number of hydrogen-bond acceptors (Lipinski definition) is 4. The van der Waals surface area contributed by atoms with Crippen molar-refractivity contribution in [3.8, 4) is 0 Å². The number of H-pyrrole nitrogens is 1. The number of hydrogen-bond donors (Lipinski definition) is 5. The molecule has 0 radical (unpaired) electrons. The first-order valence-electron chi connectivity index (χ1n) is 10.7. The highest BCUT2D eigenvalue weighted by Gasteiger charge is 2.35. The van der Waals surface area contributed by atoms with E-state index in [0.29, 0.717) is 12.1 Å². The smallest absolute Gasteiger partial charge is 0.268 e. The number of benzene rings is 1. The van der Waals surface area contributed by atoms with Gasteiger partial charge in [0.2, 0.25) is 5.91 Å². The molecule has 164 valence electrons. The third kappa shape index (κ3) is 5.02. The maximum Gasteiger partial charge on any atom is 0.268 e. The number of aromatic amines is 1. The van der Waals surface area contributed by atoms with Crippen LogP contribution in [0.4, 0.5) is 0 Å². The van der Waals surface area contributed by atoms with Crippen molar-refractivity contribution in [2.45, 2.75) is 65.8 Å². The molecule has 0 spiro atoms. The van der Waals surface area contributed by atoms with E-state index in [9.17, 15) is 14.7 Å². The average Bonchev–Trinajstić information content (AvgIpc) is 3.25. The Morgan fingerprint density at radius 2 is 2.00 bits per heavy atom. The van der Waals surface area contributed by atoms with E-state index in [1.165, 1.54) is 0 Å². The van der Waals surface area contributed by atoms with E-state index >= 15 is 0 Å². The van der Waals surface area contributed by atoms with Crippen molar-refractivity contribution in [2.75, 3.05) is 6.54 Å². The predicted molar refractivity (Wildman–Crippen MR) is 118 cm³/mol. The predicted octanol–water partition coefficient (Wildman–Crippen LogP) is 2.44. The number of nitrogens with one attached hydrogen (secondary N) is 4. The third-order valence-corrected chi connectivity index (χ3v) is 5.89. The summed E-state index contributed by atoms with van der Waals surface area (Å²) in [5, 5.41) is 19.9. The van der Waals surface area contributed by atoms with Gasteiger partial charge in [-0.15, -0.1) is 0 Å². The summed E-state index contributed by atoms with van der Waals surface area (Å²) < 4.78 is 0. The van der Waals surface area contributed by atoms with Gasteiger partial charge < -0.3 is 20.7 Å². The molecule has 0 saturated carbocycles. The fourth-order valence-corrected chi connectivity index (χ4v) is 4.14. The van der Waals surface area contributed by atoms with Crippen LogP contribution in [0.15, 0.2) is 24.3 Å². The van der Waals surface area contributed by atoms with Gasteiger partial charge in [-0.2, -0.15) is 0 Å². The van der Waals surface area contributed by atoms with Gasteiger partial charge in [0.05, 0.1) is 0 Å². The summed E-state index contributed by atoms with van der Waals surface area (Å²) in [6.07, 6.45) is 1.06. The van der Waals surface area contributed by atoms with Gasteiger partial charge in [0.1, 0.15) is 18.0 Å². The van der Waals surface area contributed by atoms with Gasteiger partial charge in [0.25, 0.3) is 5.91 Å². The molecule has 1 fully saturated rings. The van der Waals surface area contributed by atoms with Gasteiger partial charge in [-0.1, -0.05) is 32.9 Å².